The molecule has 0 radical (unpaired) electrons. The van der Waals surface area contributed by atoms with Gasteiger partial charge in [-0.05, 0) is 37.8 Å². The fourth-order valence-corrected chi connectivity index (χ4v) is 1.53. The molecule has 0 aromatic carbocycles. The molecule has 1 heterocycles. The lowest BCUT2D eigenvalue weighted by atomic mass is 9.95. The summed E-state index contributed by atoms with van der Waals surface area (Å²) in [6.07, 6.45) is 3.34. The highest BCUT2D eigenvalue weighted by molar-refractivity contribution is 5.92. The smallest absolute Gasteiger partial charge is 0.267 e. The summed E-state index contributed by atoms with van der Waals surface area (Å²) < 4.78 is 0. The Kier molecular flexibility index (Phi) is 4.75. The highest BCUT2D eigenvalue weighted by Crippen LogP contribution is 2.15. The third-order valence-corrected chi connectivity index (χ3v) is 2.73. The maximum atomic E-state index is 11.6. The predicted molar refractivity (Wildman–Crippen MR) is 67.8 cm³/mol. The van der Waals surface area contributed by atoms with Gasteiger partial charge in [-0.3, -0.25) is 4.79 Å². The Bertz CT molecular complexity index is 342. The summed E-state index contributed by atoms with van der Waals surface area (Å²) in [5.41, 5.74) is -0.323. The van der Waals surface area contributed by atoms with Crippen molar-refractivity contribution in [2.75, 3.05) is 6.54 Å². The molecule has 3 N–H and O–H groups in total. The van der Waals surface area contributed by atoms with E-state index >= 15 is 0 Å². The lowest BCUT2D eigenvalue weighted by Crippen LogP contribution is -2.40. The van der Waals surface area contributed by atoms with E-state index in [0.717, 1.165) is 6.42 Å². The first kappa shape index (κ1) is 13.8. The maximum Gasteiger partial charge on any atom is 0.267 e. The fourth-order valence-electron chi connectivity index (χ4n) is 1.53. The highest BCUT2D eigenvalue weighted by atomic mass is 16.3. The van der Waals surface area contributed by atoms with Crippen LogP contribution in [0, 0.1) is 5.92 Å². The minimum atomic E-state index is -0.841. The maximum absolute atomic E-state index is 11.6. The van der Waals surface area contributed by atoms with Crippen LogP contribution < -0.4 is 5.32 Å². The number of nitrogens with one attached hydrogen (secondary N) is 2. The van der Waals surface area contributed by atoms with Crippen molar-refractivity contribution in [3.63, 3.8) is 0 Å². The van der Waals surface area contributed by atoms with E-state index in [2.05, 4.69) is 24.1 Å². The van der Waals surface area contributed by atoms with Crippen LogP contribution >= 0.6 is 0 Å². The molecule has 1 atom stereocenters. The molecule has 0 saturated heterocycles. The number of carbonyl (C=O) groups excluding carboxylic acids is 1. The largest absolute Gasteiger partial charge is 0.388 e. The average molecular weight is 238 g/mol. The van der Waals surface area contributed by atoms with Gasteiger partial charge in [0.2, 0.25) is 0 Å². The number of hydrogen-bond acceptors (Lipinski definition) is 2. The quantitative estimate of drug-likeness (QED) is 0.709. The summed E-state index contributed by atoms with van der Waals surface area (Å²) >= 11 is 0. The second kappa shape index (κ2) is 5.87. The van der Waals surface area contributed by atoms with Crippen LogP contribution in [0.4, 0.5) is 0 Å². The Labute approximate surface area is 102 Å². The van der Waals surface area contributed by atoms with Crippen molar-refractivity contribution >= 4 is 5.91 Å². The van der Waals surface area contributed by atoms with Gasteiger partial charge in [-0.2, -0.15) is 0 Å². The third-order valence-electron chi connectivity index (χ3n) is 2.73. The molecule has 96 valence electrons. The molecule has 1 aromatic rings. The number of carbonyl (C=O) groups is 1. The first-order chi connectivity index (χ1) is 7.91. The molecule has 4 nitrogen and oxygen atoms in total. The van der Waals surface area contributed by atoms with Crippen LogP contribution in [0.2, 0.25) is 0 Å². The number of hydrogen-bond donors (Lipinski definition) is 3. The van der Waals surface area contributed by atoms with Gasteiger partial charge < -0.3 is 15.4 Å². The monoisotopic (exact) mass is 238 g/mol. The topological polar surface area (TPSA) is 65.1 Å². The van der Waals surface area contributed by atoms with Gasteiger partial charge in [0.15, 0.2) is 0 Å². The van der Waals surface area contributed by atoms with Gasteiger partial charge in [0.25, 0.3) is 5.91 Å². The summed E-state index contributed by atoms with van der Waals surface area (Å²) in [5.74, 6) is 0.375. The zero-order valence-electron chi connectivity index (χ0n) is 10.8. The van der Waals surface area contributed by atoms with E-state index in [1.807, 2.05) is 0 Å². The van der Waals surface area contributed by atoms with Crippen molar-refractivity contribution in [3.05, 3.63) is 24.0 Å². The molecule has 0 aliphatic heterocycles. The third kappa shape index (κ3) is 5.04. The van der Waals surface area contributed by atoms with Crippen LogP contribution in [-0.2, 0) is 0 Å². The highest BCUT2D eigenvalue weighted by Gasteiger charge is 2.21. The van der Waals surface area contributed by atoms with E-state index in [1.54, 1.807) is 25.3 Å². The van der Waals surface area contributed by atoms with Gasteiger partial charge in [0.1, 0.15) is 5.69 Å². The normalized spacial score (nSPS) is 14.6. The van der Waals surface area contributed by atoms with Crippen molar-refractivity contribution in [1.29, 1.82) is 0 Å². The van der Waals surface area contributed by atoms with Crippen molar-refractivity contribution in [2.24, 2.45) is 5.92 Å². The van der Waals surface area contributed by atoms with Crippen molar-refractivity contribution in [3.8, 4) is 0 Å². The van der Waals surface area contributed by atoms with Gasteiger partial charge >= 0.3 is 0 Å². The van der Waals surface area contributed by atoms with E-state index < -0.39 is 5.60 Å². The van der Waals surface area contributed by atoms with E-state index in [0.29, 0.717) is 18.0 Å². The number of H-pyrrole nitrogens is 1. The molecule has 0 aliphatic rings. The summed E-state index contributed by atoms with van der Waals surface area (Å²) in [7, 11) is 0. The molecule has 0 fully saturated rings. The molecule has 1 unspecified atom stereocenters. The number of amides is 1. The van der Waals surface area contributed by atoms with Gasteiger partial charge in [-0.25, -0.2) is 0 Å². The van der Waals surface area contributed by atoms with Crippen molar-refractivity contribution in [1.82, 2.24) is 10.3 Å². The van der Waals surface area contributed by atoms with Gasteiger partial charge in [-0.15, -0.1) is 0 Å². The van der Waals surface area contributed by atoms with Crippen LogP contribution in [0.3, 0.4) is 0 Å². The Balaban J connectivity index is 2.36. The van der Waals surface area contributed by atoms with Crippen molar-refractivity contribution in [2.45, 2.75) is 39.2 Å². The fraction of sp³-hybridized carbons (Fsp3) is 0.615. The molecule has 17 heavy (non-hydrogen) atoms. The van der Waals surface area contributed by atoms with Crippen LogP contribution in [0.5, 0.6) is 0 Å². The zero-order valence-corrected chi connectivity index (χ0v) is 10.8. The Morgan fingerprint density at radius 1 is 1.59 bits per heavy atom. The first-order valence-corrected chi connectivity index (χ1v) is 6.05. The second-order valence-electron chi connectivity index (χ2n) is 5.20. The lowest BCUT2D eigenvalue weighted by Gasteiger charge is -2.24. The van der Waals surface area contributed by atoms with Gasteiger partial charge in [0.05, 0.1) is 5.60 Å². The molecule has 0 aliphatic carbocycles. The molecule has 4 heteroatoms. The zero-order chi connectivity index (χ0) is 12.9. The number of aliphatic hydroxyl groups is 1. The second-order valence-corrected chi connectivity index (χ2v) is 5.20. The van der Waals surface area contributed by atoms with Gasteiger partial charge in [-0.1, -0.05) is 13.8 Å². The molecular weight excluding hydrogens is 216 g/mol. The van der Waals surface area contributed by atoms with Crippen LogP contribution in [0.15, 0.2) is 18.3 Å². The molecular formula is C13H22N2O2. The SMILES string of the molecule is CC(C)CCC(C)(O)CNC(=O)c1ccc[nH]1. The Hall–Kier alpha value is -1.29. The van der Waals surface area contributed by atoms with Crippen molar-refractivity contribution < 1.29 is 9.90 Å². The average Bonchev–Trinajstić information content (AvgIpc) is 2.77. The molecule has 0 saturated carbocycles. The van der Waals surface area contributed by atoms with E-state index in [9.17, 15) is 9.90 Å². The summed E-state index contributed by atoms with van der Waals surface area (Å²) in [4.78, 5) is 14.5. The molecule has 0 bridgehead atoms. The predicted octanol–water partition coefficient (Wildman–Crippen LogP) is 1.93. The summed E-state index contributed by atoms with van der Waals surface area (Å²) in [5, 5.41) is 12.8. The first-order valence-electron chi connectivity index (χ1n) is 6.05. The standard InChI is InChI=1S/C13H22N2O2/c1-10(2)6-7-13(3,17)9-15-12(16)11-5-4-8-14-11/h4-5,8,10,14,17H,6-7,9H2,1-3H3,(H,15,16). The number of rotatable bonds is 6. The Morgan fingerprint density at radius 3 is 2.82 bits per heavy atom. The molecule has 1 rings (SSSR count). The summed E-state index contributed by atoms with van der Waals surface area (Å²) in [6, 6.07) is 3.48. The van der Waals surface area contributed by atoms with E-state index in [1.165, 1.54) is 0 Å². The minimum Gasteiger partial charge on any atom is -0.388 e. The van der Waals surface area contributed by atoms with Gasteiger partial charge in [0, 0.05) is 12.7 Å². The summed E-state index contributed by atoms with van der Waals surface area (Å²) in [6.45, 7) is 6.27. The van der Waals surface area contributed by atoms with Crippen LogP contribution in [0.1, 0.15) is 44.1 Å². The van der Waals surface area contributed by atoms with E-state index in [-0.39, 0.29) is 12.5 Å². The molecule has 1 aromatic heterocycles. The number of aromatic nitrogens is 1. The minimum absolute atomic E-state index is 0.181. The van der Waals surface area contributed by atoms with E-state index in [4.69, 9.17) is 0 Å². The lowest BCUT2D eigenvalue weighted by molar-refractivity contribution is 0.0428. The Morgan fingerprint density at radius 2 is 2.29 bits per heavy atom. The molecule has 1 amide bonds. The van der Waals surface area contributed by atoms with Crippen LogP contribution in [-0.4, -0.2) is 28.1 Å². The molecule has 0 spiro atoms. The number of aromatic amines is 1. The van der Waals surface area contributed by atoms with Crippen LogP contribution in [0.25, 0.3) is 0 Å².